The third kappa shape index (κ3) is 6.99. The Labute approximate surface area is 336 Å². The van der Waals surface area contributed by atoms with E-state index in [2.05, 4.69) is 48.5 Å². The van der Waals surface area contributed by atoms with Crippen LogP contribution < -0.4 is 19.7 Å². The van der Waals surface area contributed by atoms with Gasteiger partial charge in [-0.15, -0.1) is 5.10 Å². The number of aromatic nitrogens is 3. The number of hydrogen-bond acceptors (Lipinski definition) is 7. The van der Waals surface area contributed by atoms with Crippen molar-refractivity contribution in [1.29, 1.82) is 0 Å². The summed E-state index contributed by atoms with van der Waals surface area (Å²) in [5.41, 5.74) is 3.62. The van der Waals surface area contributed by atoms with Crippen LogP contribution in [0.5, 0.6) is 5.75 Å². The summed E-state index contributed by atoms with van der Waals surface area (Å²) in [6.45, 7) is 8.06. The molecule has 0 bridgehead atoms. The largest absolute Gasteiger partial charge is 0.497 e. The molecule has 1 aromatic heterocycles. The number of hydrogen-bond donors (Lipinski definition) is 1. The lowest BCUT2D eigenvalue weighted by atomic mass is 9.82. The number of aliphatic hydroxyl groups is 1. The number of para-hydroxylation sites is 1. The Hall–Kier alpha value is -5.10. The molecular weight excluding hydrogens is 731 g/mol. The van der Waals surface area contributed by atoms with Crippen molar-refractivity contribution >= 4 is 42.1 Å². The zero-order valence-corrected chi connectivity index (χ0v) is 34.4. The fourth-order valence-corrected chi connectivity index (χ4v) is 13.9. The lowest BCUT2D eigenvalue weighted by Gasteiger charge is -2.37. The number of ether oxygens (including phenoxy) is 2. The van der Waals surface area contributed by atoms with Crippen molar-refractivity contribution < 1.29 is 24.2 Å². The van der Waals surface area contributed by atoms with Gasteiger partial charge in [0.05, 0.1) is 45.2 Å². The van der Waals surface area contributed by atoms with E-state index >= 15 is 4.79 Å². The number of methoxy groups -OCH3 is 1. The first kappa shape index (κ1) is 38.8. The number of aryl methyl sites for hydroxylation is 1. The van der Waals surface area contributed by atoms with Gasteiger partial charge < -0.3 is 19.5 Å². The molecule has 10 nitrogen and oxygen atoms in total. The van der Waals surface area contributed by atoms with Crippen LogP contribution in [0.2, 0.25) is 18.6 Å². The van der Waals surface area contributed by atoms with Crippen LogP contribution in [0.15, 0.2) is 109 Å². The van der Waals surface area contributed by atoms with Gasteiger partial charge in [0.2, 0.25) is 5.91 Å². The highest BCUT2D eigenvalue weighted by Gasteiger charge is 2.66. The molecule has 57 heavy (non-hydrogen) atoms. The molecule has 2 amide bonds. The Morgan fingerprint density at radius 1 is 0.912 bits per heavy atom. The first-order valence-electron chi connectivity index (χ1n) is 20.4. The van der Waals surface area contributed by atoms with Gasteiger partial charge in [0.1, 0.15) is 5.75 Å². The third-order valence-corrected chi connectivity index (χ3v) is 17.2. The topological polar surface area (TPSA) is 110 Å². The summed E-state index contributed by atoms with van der Waals surface area (Å²) < 4.78 is 14.9. The molecule has 5 atom stereocenters. The Morgan fingerprint density at radius 2 is 1.63 bits per heavy atom. The summed E-state index contributed by atoms with van der Waals surface area (Å²) in [7, 11) is -0.738. The highest BCUT2D eigenvalue weighted by Crippen LogP contribution is 2.61. The maximum Gasteiger partial charge on any atom is 0.268 e. The van der Waals surface area contributed by atoms with Crippen LogP contribution in [-0.2, 0) is 26.5 Å². The maximum atomic E-state index is 15.5. The number of anilines is 3. The average Bonchev–Trinajstić information content (AvgIpc) is 3.89. The predicted octanol–water partition coefficient (Wildman–Crippen LogP) is 7.69. The van der Waals surface area contributed by atoms with Crippen LogP contribution in [0.1, 0.15) is 68.2 Å². The number of carbonyl (C=O) groups is 2. The molecule has 1 N–H and O–H groups in total. The molecule has 0 aliphatic carbocycles. The monoisotopic (exact) mass is 783 g/mol. The second-order valence-electron chi connectivity index (χ2n) is 16.4. The molecule has 11 heteroatoms. The molecule has 8 rings (SSSR count). The van der Waals surface area contributed by atoms with Crippen LogP contribution in [-0.4, -0.2) is 66.4 Å². The molecule has 1 unspecified atom stereocenters. The minimum Gasteiger partial charge on any atom is -0.497 e. The van der Waals surface area contributed by atoms with E-state index in [4.69, 9.17) is 9.47 Å². The summed E-state index contributed by atoms with van der Waals surface area (Å²) in [5, 5.41) is 20.6. The Morgan fingerprint density at radius 3 is 2.35 bits per heavy atom. The number of carbonyl (C=O) groups excluding carboxylic acids is 2. The normalized spacial score (nSPS) is 23.1. The van der Waals surface area contributed by atoms with Gasteiger partial charge in [0, 0.05) is 48.6 Å². The number of rotatable bonds is 11. The molecule has 2 fully saturated rings. The van der Waals surface area contributed by atoms with Crippen LogP contribution in [0.3, 0.4) is 0 Å². The predicted molar refractivity (Wildman–Crippen MR) is 225 cm³/mol. The zero-order valence-electron chi connectivity index (χ0n) is 33.4. The minimum absolute atomic E-state index is 0.0166. The van der Waals surface area contributed by atoms with Crippen LogP contribution in [0.25, 0.3) is 0 Å². The van der Waals surface area contributed by atoms with Gasteiger partial charge in [-0.05, 0) is 72.8 Å². The minimum atomic E-state index is -2.42. The zero-order chi connectivity index (χ0) is 39.7. The van der Waals surface area contributed by atoms with Gasteiger partial charge in [-0.2, -0.15) is 0 Å². The smallest absolute Gasteiger partial charge is 0.268 e. The highest BCUT2D eigenvalue weighted by molar-refractivity contribution is 6.91. The molecule has 2 saturated heterocycles. The quantitative estimate of drug-likeness (QED) is 0.137. The Kier molecular flexibility index (Phi) is 10.9. The SMILES string of the molecule is COc1ccc([Si](C)(C)[C@H]2[C@H](CCn3cc(C(CO)c4ccccc4)nn3)O[C@@]3(C(=O)N(c4ccccc4)c4ccc(N5CCCCCCC5=O)cc43)[C@@H]2C)cc1. The number of aliphatic hydroxyl groups excluding tert-OH is 1. The van der Waals surface area contributed by atoms with Crippen molar-refractivity contribution in [3.05, 3.63) is 126 Å². The van der Waals surface area contributed by atoms with E-state index in [1.807, 2.05) is 106 Å². The second-order valence-corrected chi connectivity index (χ2v) is 21.1. The van der Waals surface area contributed by atoms with Gasteiger partial charge in [0.25, 0.3) is 5.91 Å². The molecular formula is C46H53N5O5Si. The Bertz CT molecular complexity index is 2200. The number of fused-ring (bicyclic) bond motifs is 2. The van der Waals surface area contributed by atoms with Crippen molar-refractivity contribution in [2.75, 3.05) is 30.1 Å². The van der Waals surface area contributed by atoms with Crippen molar-refractivity contribution in [3.8, 4) is 5.75 Å². The molecule has 1 spiro atoms. The lowest BCUT2D eigenvalue weighted by Crippen LogP contribution is -2.51. The standard InChI is InChI=1S/C46H53N5O5Si/c1-32-44(57(3,4)37-23-21-36(55-2)22-24-37)42(26-28-49-30-40(47-48-49)38(31-52)33-15-9-7-10-16-33)56-46(32)39-29-35(50-27-14-6-5-13-19-43(50)53)20-25-41(39)51(45(46)54)34-17-11-8-12-18-34/h7-12,15-18,20-25,29-30,32,38,42,44,52H,5-6,13-14,19,26-28,31H2,1-4H3/t32-,38?,42+,44-,46+/m1/s1. The molecule has 0 saturated carbocycles. The van der Waals surface area contributed by atoms with E-state index < -0.39 is 13.7 Å². The molecule has 3 aliphatic heterocycles. The fourth-order valence-electron chi connectivity index (χ4n) is 9.83. The van der Waals surface area contributed by atoms with Crippen LogP contribution in [0.4, 0.5) is 17.1 Å². The van der Waals surface area contributed by atoms with Gasteiger partial charge >= 0.3 is 0 Å². The van der Waals surface area contributed by atoms with Crippen molar-refractivity contribution in [3.63, 3.8) is 0 Å². The highest BCUT2D eigenvalue weighted by atomic mass is 28.3. The first-order valence-corrected chi connectivity index (χ1v) is 23.5. The van der Waals surface area contributed by atoms with Gasteiger partial charge in [0.15, 0.2) is 5.60 Å². The first-order chi connectivity index (χ1) is 27.7. The summed E-state index contributed by atoms with van der Waals surface area (Å²) in [6, 6.07) is 34.2. The maximum absolute atomic E-state index is 15.5. The van der Waals surface area contributed by atoms with E-state index in [0.717, 1.165) is 59.6 Å². The van der Waals surface area contributed by atoms with Gasteiger partial charge in [-0.1, -0.05) is 104 Å². The van der Waals surface area contributed by atoms with Crippen LogP contribution >= 0.6 is 0 Å². The molecule has 3 aliphatic rings. The Balaban J connectivity index is 1.21. The second kappa shape index (κ2) is 16.0. The molecule has 4 heterocycles. The van der Waals surface area contributed by atoms with Gasteiger partial charge in [-0.3, -0.25) is 19.2 Å². The summed E-state index contributed by atoms with van der Waals surface area (Å²) in [5.74, 6) is 0.325. The lowest BCUT2D eigenvalue weighted by molar-refractivity contribution is -0.145. The molecule has 0 radical (unpaired) electrons. The van der Waals surface area contributed by atoms with Crippen LogP contribution in [0, 0.1) is 5.92 Å². The van der Waals surface area contributed by atoms with E-state index in [0.29, 0.717) is 31.6 Å². The summed E-state index contributed by atoms with van der Waals surface area (Å²) in [4.78, 5) is 32.8. The molecule has 4 aromatic carbocycles. The van der Waals surface area contributed by atoms with Crippen molar-refractivity contribution in [1.82, 2.24) is 15.0 Å². The van der Waals surface area contributed by atoms with E-state index in [1.165, 1.54) is 5.19 Å². The molecule has 5 aromatic rings. The van der Waals surface area contributed by atoms with Crippen molar-refractivity contribution in [2.24, 2.45) is 5.92 Å². The van der Waals surface area contributed by atoms with E-state index in [1.54, 1.807) is 7.11 Å². The van der Waals surface area contributed by atoms with E-state index in [9.17, 15) is 9.90 Å². The van der Waals surface area contributed by atoms with E-state index in [-0.39, 0.29) is 41.9 Å². The average molecular weight is 784 g/mol. The summed E-state index contributed by atoms with van der Waals surface area (Å²) in [6.07, 6.45) is 6.72. The van der Waals surface area contributed by atoms with Gasteiger partial charge in [-0.25, -0.2) is 0 Å². The summed E-state index contributed by atoms with van der Waals surface area (Å²) >= 11 is 0. The number of benzene rings is 4. The van der Waals surface area contributed by atoms with Crippen molar-refractivity contribution in [2.45, 2.75) is 88.3 Å². The fraction of sp³-hybridized carbons (Fsp3) is 0.391. The third-order valence-electron chi connectivity index (χ3n) is 12.8. The molecule has 296 valence electrons. The number of amides is 2. The number of nitrogens with zero attached hydrogens (tertiary/aromatic N) is 5.